The number of para-hydroxylation sites is 3. The van der Waals surface area contributed by atoms with Gasteiger partial charge in [-0.2, -0.15) is 0 Å². The molecule has 0 aliphatic heterocycles. The van der Waals surface area contributed by atoms with Crippen LogP contribution in [0.2, 0.25) is 0 Å². The van der Waals surface area contributed by atoms with Crippen LogP contribution in [0.1, 0.15) is 17.8 Å². The molecule has 0 spiro atoms. The molecule has 0 N–H and O–H groups in total. The van der Waals surface area contributed by atoms with Crippen LogP contribution in [-0.2, 0) is 11.2 Å². The Morgan fingerprint density at radius 1 is 1.09 bits per heavy atom. The summed E-state index contributed by atoms with van der Waals surface area (Å²) in [7, 11) is 1.56. The van der Waals surface area contributed by atoms with E-state index in [1.54, 1.807) is 30.6 Å². The first kappa shape index (κ1) is 15.5. The van der Waals surface area contributed by atoms with Crippen molar-refractivity contribution in [3.05, 3.63) is 53.5 Å². The van der Waals surface area contributed by atoms with Crippen molar-refractivity contribution in [2.45, 2.75) is 19.3 Å². The largest absolute Gasteiger partial charge is 0.493 e. The van der Waals surface area contributed by atoms with E-state index < -0.39 is 0 Å². The molecule has 0 saturated heterocycles. The Bertz CT molecular complexity index is 780. The van der Waals surface area contributed by atoms with Gasteiger partial charge in [-0.15, -0.1) is 11.3 Å². The van der Waals surface area contributed by atoms with Gasteiger partial charge < -0.3 is 9.47 Å². The van der Waals surface area contributed by atoms with Gasteiger partial charge in [-0.3, -0.25) is 4.79 Å². The quantitative estimate of drug-likeness (QED) is 0.502. The number of methoxy groups -OCH3 is 1. The number of benzene rings is 2. The van der Waals surface area contributed by atoms with Gasteiger partial charge in [-0.25, -0.2) is 4.98 Å². The maximum absolute atomic E-state index is 11.9. The van der Waals surface area contributed by atoms with E-state index in [1.807, 2.05) is 30.3 Å². The van der Waals surface area contributed by atoms with Crippen LogP contribution >= 0.6 is 11.3 Å². The molecule has 118 valence electrons. The van der Waals surface area contributed by atoms with Crippen LogP contribution in [0.5, 0.6) is 11.5 Å². The SMILES string of the molecule is COc1ccccc1OC(=O)CCCc1nc2ccccc2s1. The second-order valence-electron chi connectivity index (χ2n) is 5.05. The summed E-state index contributed by atoms with van der Waals surface area (Å²) in [6.07, 6.45) is 1.85. The molecule has 0 atom stereocenters. The molecule has 0 aliphatic carbocycles. The molecule has 0 amide bonds. The number of hydrogen-bond acceptors (Lipinski definition) is 5. The maximum atomic E-state index is 11.9. The zero-order valence-electron chi connectivity index (χ0n) is 12.8. The Hall–Kier alpha value is -2.40. The molecule has 3 rings (SSSR count). The number of esters is 1. The van der Waals surface area contributed by atoms with Gasteiger partial charge in [-0.1, -0.05) is 24.3 Å². The second-order valence-corrected chi connectivity index (χ2v) is 6.17. The molecule has 0 fully saturated rings. The molecule has 0 bridgehead atoms. The van der Waals surface area contributed by atoms with Crippen molar-refractivity contribution in [3.63, 3.8) is 0 Å². The van der Waals surface area contributed by atoms with Crippen molar-refractivity contribution in [2.75, 3.05) is 7.11 Å². The molecule has 23 heavy (non-hydrogen) atoms. The van der Waals surface area contributed by atoms with Gasteiger partial charge in [0.15, 0.2) is 11.5 Å². The summed E-state index contributed by atoms with van der Waals surface area (Å²) < 4.78 is 11.7. The first-order valence-corrected chi connectivity index (χ1v) is 8.26. The number of rotatable bonds is 6. The molecule has 5 heteroatoms. The van der Waals surface area contributed by atoms with E-state index in [9.17, 15) is 4.79 Å². The first-order valence-electron chi connectivity index (χ1n) is 7.44. The third kappa shape index (κ3) is 3.87. The van der Waals surface area contributed by atoms with Crippen LogP contribution in [0.3, 0.4) is 0 Å². The van der Waals surface area contributed by atoms with Crippen LogP contribution in [0.25, 0.3) is 10.2 Å². The van der Waals surface area contributed by atoms with E-state index in [-0.39, 0.29) is 5.97 Å². The molecule has 0 unspecified atom stereocenters. The minimum absolute atomic E-state index is 0.254. The maximum Gasteiger partial charge on any atom is 0.311 e. The number of aryl methyl sites for hydroxylation is 1. The summed E-state index contributed by atoms with van der Waals surface area (Å²) >= 11 is 1.68. The number of carbonyl (C=O) groups is 1. The highest BCUT2D eigenvalue weighted by molar-refractivity contribution is 7.18. The van der Waals surface area contributed by atoms with Gasteiger partial charge in [0.1, 0.15) is 0 Å². The Morgan fingerprint density at radius 3 is 2.61 bits per heavy atom. The average Bonchev–Trinajstić information content (AvgIpc) is 2.98. The minimum atomic E-state index is -0.254. The van der Waals surface area contributed by atoms with Crippen LogP contribution in [-0.4, -0.2) is 18.1 Å². The lowest BCUT2D eigenvalue weighted by Crippen LogP contribution is -2.08. The zero-order valence-corrected chi connectivity index (χ0v) is 13.6. The van der Waals surface area contributed by atoms with Crippen LogP contribution in [0.4, 0.5) is 0 Å². The van der Waals surface area contributed by atoms with Crippen molar-refractivity contribution in [3.8, 4) is 11.5 Å². The number of fused-ring (bicyclic) bond motifs is 1. The van der Waals surface area contributed by atoms with Gasteiger partial charge >= 0.3 is 5.97 Å². The van der Waals surface area contributed by atoms with E-state index >= 15 is 0 Å². The smallest absolute Gasteiger partial charge is 0.311 e. The van der Waals surface area contributed by atoms with Crippen molar-refractivity contribution in [1.82, 2.24) is 4.98 Å². The third-order valence-electron chi connectivity index (χ3n) is 3.40. The molecule has 1 aromatic heterocycles. The lowest BCUT2D eigenvalue weighted by Gasteiger charge is -2.08. The van der Waals surface area contributed by atoms with Gasteiger partial charge in [0, 0.05) is 6.42 Å². The predicted octanol–water partition coefficient (Wildman–Crippen LogP) is 4.23. The molecule has 0 saturated carbocycles. The highest BCUT2D eigenvalue weighted by Gasteiger charge is 2.10. The van der Waals surface area contributed by atoms with Crippen molar-refractivity contribution in [1.29, 1.82) is 0 Å². The number of aromatic nitrogens is 1. The highest BCUT2D eigenvalue weighted by atomic mass is 32.1. The van der Waals surface area contributed by atoms with Gasteiger partial charge in [0.05, 0.1) is 22.3 Å². The number of hydrogen-bond donors (Lipinski definition) is 0. The fraction of sp³-hybridized carbons (Fsp3) is 0.222. The topological polar surface area (TPSA) is 48.4 Å². The Labute approximate surface area is 138 Å². The van der Waals surface area contributed by atoms with Crippen molar-refractivity contribution >= 4 is 27.5 Å². The van der Waals surface area contributed by atoms with E-state index in [4.69, 9.17) is 9.47 Å². The van der Waals surface area contributed by atoms with E-state index in [2.05, 4.69) is 11.1 Å². The number of ether oxygens (including phenoxy) is 2. The second kappa shape index (κ2) is 7.24. The highest BCUT2D eigenvalue weighted by Crippen LogP contribution is 2.26. The summed E-state index contributed by atoms with van der Waals surface area (Å²) in [6, 6.07) is 15.2. The normalized spacial score (nSPS) is 10.7. The number of thiazole rings is 1. The summed E-state index contributed by atoms with van der Waals surface area (Å²) in [6.45, 7) is 0. The number of carbonyl (C=O) groups excluding carboxylic acids is 1. The Morgan fingerprint density at radius 2 is 1.83 bits per heavy atom. The summed E-state index contributed by atoms with van der Waals surface area (Å²) in [5, 5.41) is 1.05. The fourth-order valence-corrected chi connectivity index (χ4v) is 3.30. The Balaban J connectivity index is 1.53. The van der Waals surface area contributed by atoms with Gasteiger partial charge in [0.25, 0.3) is 0 Å². The minimum Gasteiger partial charge on any atom is -0.493 e. The molecule has 1 heterocycles. The van der Waals surface area contributed by atoms with Crippen LogP contribution in [0, 0.1) is 0 Å². The standard InChI is InChI=1S/C18H17NO3S/c1-21-14-8-3-4-9-15(14)22-18(20)12-6-11-17-19-13-7-2-5-10-16(13)23-17/h2-5,7-10H,6,11-12H2,1H3. The first-order chi connectivity index (χ1) is 11.3. The molecular formula is C18H17NO3S. The zero-order chi connectivity index (χ0) is 16.1. The monoisotopic (exact) mass is 327 g/mol. The van der Waals surface area contributed by atoms with Crippen molar-refractivity contribution in [2.24, 2.45) is 0 Å². The molecule has 0 aliphatic rings. The summed E-state index contributed by atoms with van der Waals surface area (Å²) in [4.78, 5) is 16.5. The van der Waals surface area contributed by atoms with Crippen molar-refractivity contribution < 1.29 is 14.3 Å². The van der Waals surface area contributed by atoms with E-state index in [1.165, 1.54) is 4.70 Å². The lowest BCUT2D eigenvalue weighted by molar-refractivity contribution is -0.134. The van der Waals surface area contributed by atoms with E-state index in [0.29, 0.717) is 24.3 Å². The van der Waals surface area contributed by atoms with Crippen LogP contribution < -0.4 is 9.47 Å². The van der Waals surface area contributed by atoms with Gasteiger partial charge in [-0.05, 0) is 37.1 Å². The van der Waals surface area contributed by atoms with Gasteiger partial charge in [0.2, 0.25) is 0 Å². The molecule has 2 aromatic carbocycles. The average molecular weight is 327 g/mol. The Kier molecular flexibility index (Phi) is 4.88. The van der Waals surface area contributed by atoms with E-state index in [0.717, 1.165) is 16.9 Å². The lowest BCUT2D eigenvalue weighted by atomic mass is 10.2. The molecular weight excluding hydrogens is 310 g/mol. The molecule has 0 radical (unpaired) electrons. The fourth-order valence-electron chi connectivity index (χ4n) is 2.29. The third-order valence-corrected chi connectivity index (χ3v) is 4.50. The molecule has 4 nitrogen and oxygen atoms in total. The molecule has 3 aromatic rings. The summed E-state index contributed by atoms with van der Waals surface area (Å²) in [5.74, 6) is 0.766. The van der Waals surface area contributed by atoms with Crippen LogP contribution in [0.15, 0.2) is 48.5 Å². The predicted molar refractivity (Wildman–Crippen MR) is 91.2 cm³/mol. The summed E-state index contributed by atoms with van der Waals surface area (Å²) in [5.41, 5.74) is 1.02. The number of nitrogens with zero attached hydrogens (tertiary/aromatic N) is 1.